The van der Waals surface area contributed by atoms with Crippen LogP contribution in [0.15, 0.2) is 6.07 Å². The number of hydrogen-bond acceptors (Lipinski definition) is 5. The van der Waals surface area contributed by atoms with Gasteiger partial charge in [0.15, 0.2) is 0 Å². The van der Waals surface area contributed by atoms with Gasteiger partial charge in [-0.3, -0.25) is 0 Å². The first-order chi connectivity index (χ1) is 8.70. The number of nitrogen functional groups attached to an aromatic ring is 1. The van der Waals surface area contributed by atoms with Crippen molar-refractivity contribution in [2.75, 3.05) is 31.2 Å². The molecule has 3 rings (SSSR count). The molecule has 1 unspecified atom stereocenters. The summed E-state index contributed by atoms with van der Waals surface area (Å²) in [6, 6.07) is 2.32. The molecule has 1 aromatic heterocycles. The number of likely N-dealkylation sites (N-methyl/N-ethyl adjacent to an activating group) is 1. The molecule has 1 aromatic rings. The number of anilines is 2. The van der Waals surface area contributed by atoms with E-state index in [1.807, 2.05) is 6.07 Å². The topological polar surface area (TPSA) is 67.1 Å². The van der Waals surface area contributed by atoms with E-state index in [0.29, 0.717) is 17.8 Å². The maximum atomic E-state index is 5.86. The first kappa shape index (κ1) is 11.7. The molecule has 1 saturated carbocycles. The van der Waals surface area contributed by atoms with Gasteiger partial charge in [0.2, 0.25) is 0 Å². The lowest BCUT2D eigenvalue weighted by molar-refractivity contribution is 0.260. The van der Waals surface area contributed by atoms with Gasteiger partial charge in [0.05, 0.1) is 0 Å². The monoisotopic (exact) mass is 247 g/mol. The van der Waals surface area contributed by atoms with E-state index in [2.05, 4.69) is 27.2 Å². The van der Waals surface area contributed by atoms with Gasteiger partial charge in [-0.15, -0.1) is 0 Å². The van der Waals surface area contributed by atoms with E-state index in [1.165, 1.54) is 32.2 Å². The molecule has 0 aromatic carbocycles. The van der Waals surface area contributed by atoms with Crippen LogP contribution in [0.25, 0.3) is 0 Å². The number of nitrogens with zero attached hydrogens (tertiary/aromatic N) is 3. The lowest BCUT2D eigenvalue weighted by Gasteiger charge is -2.30. The van der Waals surface area contributed by atoms with Crippen LogP contribution in [0, 0.1) is 0 Å². The predicted molar refractivity (Wildman–Crippen MR) is 72.6 cm³/mol. The van der Waals surface area contributed by atoms with Crippen LogP contribution in [-0.2, 0) is 0 Å². The number of rotatable bonds is 3. The lowest BCUT2D eigenvalue weighted by Crippen LogP contribution is -2.39. The number of hydrogen-bond donors (Lipinski definition) is 2. The first-order valence-electron chi connectivity index (χ1n) is 6.80. The van der Waals surface area contributed by atoms with E-state index < -0.39 is 0 Å². The van der Waals surface area contributed by atoms with Crippen LogP contribution in [0.3, 0.4) is 0 Å². The molecule has 18 heavy (non-hydrogen) atoms. The molecular formula is C13H21N5. The van der Waals surface area contributed by atoms with Crippen LogP contribution in [0.1, 0.15) is 37.4 Å². The zero-order valence-electron chi connectivity index (χ0n) is 10.9. The van der Waals surface area contributed by atoms with Gasteiger partial charge >= 0.3 is 0 Å². The summed E-state index contributed by atoms with van der Waals surface area (Å²) in [6.45, 7) is 2.26. The number of nitrogens with two attached hydrogens (primary N) is 1. The van der Waals surface area contributed by atoms with Crippen molar-refractivity contribution in [3.8, 4) is 0 Å². The van der Waals surface area contributed by atoms with E-state index in [9.17, 15) is 0 Å². The first-order valence-corrected chi connectivity index (χ1v) is 6.80. The van der Waals surface area contributed by atoms with Gasteiger partial charge in [-0.1, -0.05) is 0 Å². The van der Waals surface area contributed by atoms with Crippen LogP contribution in [-0.4, -0.2) is 41.0 Å². The van der Waals surface area contributed by atoms with Crippen LogP contribution >= 0.6 is 0 Å². The molecule has 1 saturated heterocycles. The maximum Gasteiger partial charge on any atom is 0.136 e. The third-order valence-electron chi connectivity index (χ3n) is 3.68. The molecule has 2 aliphatic rings. The standard InChI is InChI=1S/C13H21N5/c1-18-6-2-3-10(8-18)15-12-7-11(14)16-13(17-12)9-4-5-9/h7,9-10H,2-6,8H2,1H3,(H3,14,15,16,17). The molecule has 0 bridgehead atoms. The Hall–Kier alpha value is -1.36. The Balaban J connectivity index is 1.71. The highest BCUT2D eigenvalue weighted by atomic mass is 15.2. The van der Waals surface area contributed by atoms with Gasteiger partial charge in [0, 0.05) is 24.6 Å². The quantitative estimate of drug-likeness (QED) is 0.846. The Morgan fingerprint density at radius 3 is 2.89 bits per heavy atom. The number of piperidine rings is 1. The van der Waals surface area contributed by atoms with Crippen molar-refractivity contribution in [3.05, 3.63) is 11.9 Å². The molecular weight excluding hydrogens is 226 g/mol. The molecule has 2 heterocycles. The summed E-state index contributed by atoms with van der Waals surface area (Å²) >= 11 is 0. The average Bonchev–Trinajstić information content (AvgIpc) is 3.11. The van der Waals surface area contributed by atoms with Gasteiger partial charge in [-0.2, -0.15) is 0 Å². The lowest BCUT2D eigenvalue weighted by atomic mass is 10.1. The molecule has 5 heteroatoms. The molecule has 1 aliphatic carbocycles. The number of nitrogens with one attached hydrogen (secondary N) is 1. The van der Waals surface area contributed by atoms with Gasteiger partial charge in [0.1, 0.15) is 17.5 Å². The molecule has 98 valence electrons. The summed E-state index contributed by atoms with van der Waals surface area (Å²) in [6.07, 6.45) is 4.85. The number of likely N-dealkylation sites (tertiary alicyclic amines) is 1. The molecule has 0 radical (unpaired) electrons. The molecule has 0 amide bonds. The largest absolute Gasteiger partial charge is 0.384 e. The fourth-order valence-electron chi connectivity index (χ4n) is 2.58. The molecule has 5 nitrogen and oxygen atoms in total. The van der Waals surface area contributed by atoms with Crippen LogP contribution in [0.2, 0.25) is 0 Å². The van der Waals surface area contributed by atoms with Crippen LogP contribution in [0.5, 0.6) is 0 Å². The zero-order valence-corrected chi connectivity index (χ0v) is 10.9. The smallest absolute Gasteiger partial charge is 0.136 e. The number of aromatic nitrogens is 2. The minimum atomic E-state index is 0.477. The van der Waals surface area contributed by atoms with Crippen molar-refractivity contribution in [2.24, 2.45) is 0 Å². The van der Waals surface area contributed by atoms with Crippen molar-refractivity contribution in [1.82, 2.24) is 14.9 Å². The van der Waals surface area contributed by atoms with Gasteiger partial charge < -0.3 is 16.0 Å². The molecule has 3 N–H and O–H groups in total. The zero-order chi connectivity index (χ0) is 12.5. The molecule has 0 spiro atoms. The summed E-state index contributed by atoms with van der Waals surface area (Å²) in [5, 5.41) is 3.50. The highest BCUT2D eigenvalue weighted by Crippen LogP contribution is 2.38. The summed E-state index contributed by atoms with van der Waals surface area (Å²) in [5.74, 6) is 2.94. The summed E-state index contributed by atoms with van der Waals surface area (Å²) < 4.78 is 0. The Morgan fingerprint density at radius 2 is 2.17 bits per heavy atom. The predicted octanol–water partition coefficient (Wildman–Crippen LogP) is 1.44. The van der Waals surface area contributed by atoms with E-state index in [1.54, 1.807) is 0 Å². The van der Waals surface area contributed by atoms with Gasteiger partial charge in [0.25, 0.3) is 0 Å². The van der Waals surface area contributed by atoms with Crippen LogP contribution in [0.4, 0.5) is 11.6 Å². The van der Waals surface area contributed by atoms with E-state index >= 15 is 0 Å². The summed E-state index contributed by atoms with van der Waals surface area (Å²) in [4.78, 5) is 11.3. The summed E-state index contributed by atoms with van der Waals surface area (Å²) in [7, 11) is 2.16. The molecule has 2 fully saturated rings. The van der Waals surface area contributed by atoms with Crippen molar-refractivity contribution in [2.45, 2.75) is 37.6 Å². The van der Waals surface area contributed by atoms with Gasteiger partial charge in [-0.05, 0) is 39.3 Å². The Bertz CT molecular complexity index is 429. The second kappa shape index (κ2) is 4.72. The Labute approximate surface area is 108 Å². The van der Waals surface area contributed by atoms with Crippen LogP contribution < -0.4 is 11.1 Å². The minimum Gasteiger partial charge on any atom is -0.384 e. The Morgan fingerprint density at radius 1 is 1.33 bits per heavy atom. The van der Waals surface area contributed by atoms with Crippen molar-refractivity contribution in [1.29, 1.82) is 0 Å². The summed E-state index contributed by atoms with van der Waals surface area (Å²) in [5.41, 5.74) is 5.86. The Kier molecular flexibility index (Phi) is 3.07. The highest BCUT2D eigenvalue weighted by molar-refractivity contribution is 5.46. The third-order valence-corrected chi connectivity index (χ3v) is 3.68. The second-order valence-corrected chi connectivity index (χ2v) is 5.56. The van der Waals surface area contributed by atoms with Gasteiger partial charge in [-0.25, -0.2) is 9.97 Å². The average molecular weight is 247 g/mol. The maximum absolute atomic E-state index is 5.86. The second-order valence-electron chi connectivity index (χ2n) is 5.56. The molecule has 1 atom stereocenters. The third kappa shape index (κ3) is 2.72. The fourth-order valence-corrected chi connectivity index (χ4v) is 2.58. The van der Waals surface area contributed by atoms with Crippen molar-refractivity contribution >= 4 is 11.6 Å². The molecule has 1 aliphatic heterocycles. The fraction of sp³-hybridized carbons (Fsp3) is 0.692. The van der Waals surface area contributed by atoms with E-state index in [4.69, 9.17) is 5.73 Å². The SMILES string of the molecule is CN1CCCC(Nc2cc(N)nc(C3CC3)n2)C1. The van der Waals surface area contributed by atoms with Crippen molar-refractivity contribution in [3.63, 3.8) is 0 Å². The highest BCUT2D eigenvalue weighted by Gasteiger charge is 2.27. The normalized spacial score (nSPS) is 25.1. The van der Waals surface area contributed by atoms with Crippen molar-refractivity contribution < 1.29 is 0 Å². The minimum absolute atomic E-state index is 0.477. The van der Waals surface area contributed by atoms with E-state index in [0.717, 1.165) is 18.2 Å². The van der Waals surface area contributed by atoms with E-state index in [-0.39, 0.29) is 0 Å².